The zero-order valence-electron chi connectivity index (χ0n) is 10.5. The molecule has 4 heteroatoms. The van der Waals surface area contributed by atoms with Crippen molar-refractivity contribution in [1.29, 1.82) is 0 Å². The first-order chi connectivity index (χ1) is 9.16. The van der Waals surface area contributed by atoms with Crippen LogP contribution in [0.15, 0.2) is 53.0 Å². The SMILES string of the molecule is CC(=O)Nc1ccccc1OCc1ccccc1Br. The molecule has 2 rings (SSSR count). The molecule has 1 amide bonds. The Kier molecular flexibility index (Phi) is 4.58. The summed E-state index contributed by atoms with van der Waals surface area (Å²) < 4.78 is 6.77. The minimum absolute atomic E-state index is 0.114. The third-order valence-corrected chi connectivity index (χ3v) is 3.31. The summed E-state index contributed by atoms with van der Waals surface area (Å²) in [5, 5.41) is 2.75. The summed E-state index contributed by atoms with van der Waals surface area (Å²) in [5.74, 6) is 0.547. The van der Waals surface area contributed by atoms with Crippen LogP contribution in [0, 0.1) is 0 Å². The minimum Gasteiger partial charge on any atom is -0.487 e. The van der Waals surface area contributed by atoms with Crippen molar-refractivity contribution >= 4 is 27.5 Å². The van der Waals surface area contributed by atoms with E-state index < -0.39 is 0 Å². The maximum Gasteiger partial charge on any atom is 0.221 e. The van der Waals surface area contributed by atoms with Gasteiger partial charge in [0.1, 0.15) is 12.4 Å². The Labute approximate surface area is 120 Å². The summed E-state index contributed by atoms with van der Waals surface area (Å²) in [5.41, 5.74) is 1.74. The van der Waals surface area contributed by atoms with Gasteiger partial charge in [0, 0.05) is 17.0 Å². The second-order valence-corrected chi connectivity index (χ2v) is 4.91. The Morgan fingerprint density at radius 3 is 2.58 bits per heavy atom. The highest BCUT2D eigenvalue weighted by Gasteiger charge is 2.05. The van der Waals surface area contributed by atoms with E-state index in [1.165, 1.54) is 6.92 Å². The van der Waals surface area contributed by atoms with Gasteiger partial charge in [-0.1, -0.05) is 46.3 Å². The van der Waals surface area contributed by atoms with Gasteiger partial charge in [0.2, 0.25) is 5.91 Å². The second kappa shape index (κ2) is 6.38. The van der Waals surface area contributed by atoms with Gasteiger partial charge in [-0.25, -0.2) is 0 Å². The van der Waals surface area contributed by atoms with Gasteiger partial charge in [-0.2, -0.15) is 0 Å². The number of amides is 1. The molecule has 0 aliphatic heterocycles. The smallest absolute Gasteiger partial charge is 0.221 e. The molecular formula is C15H14BrNO2. The zero-order chi connectivity index (χ0) is 13.7. The molecule has 0 saturated carbocycles. The lowest BCUT2D eigenvalue weighted by molar-refractivity contribution is -0.114. The molecular weight excluding hydrogens is 306 g/mol. The first kappa shape index (κ1) is 13.6. The standard InChI is InChI=1S/C15H14BrNO2/c1-11(18)17-14-8-4-5-9-15(14)19-10-12-6-2-3-7-13(12)16/h2-9H,10H2,1H3,(H,17,18). The molecule has 0 aromatic heterocycles. The van der Waals surface area contributed by atoms with Crippen molar-refractivity contribution in [1.82, 2.24) is 0 Å². The first-order valence-corrected chi connectivity index (χ1v) is 6.69. The van der Waals surface area contributed by atoms with Crippen LogP contribution in [0.5, 0.6) is 5.75 Å². The number of hydrogen-bond donors (Lipinski definition) is 1. The lowest BCUT2D eigenvalue weighted by Crippen LogP contribution is -2.07. The number of benzene rings is 2. The lowest BCUT2D eigenvalue weighted by atomic mass is 10.2. The summed E-state index contributed by atoms with van der Waals surface area (Å²) in [6.45, 7) is 1.92. The van der Waals surface area contributed by atoms with Crippen molar-refractivity contribution in [3.8, 4) is 5.75 Å². The molecule has 19 heavy (non-hydrogen) atoms. The maximum atomic E-state index is 11.1. The number of halogens is 1. The fraction of sp³-hybridized carbons (Fsp3) is 0.133. The Balaban J connectivity index is 2.11. The van der Waals surface area contributed by atoms with E-state index in [0.29, 0.717) is 18.0 Å². The van der Waals surface area contributed by atoms with Crippen LogP contribution in [0.3, 0.4) is 0 Å². The third-order valence-electron chi connectivity index (χ3n) is 2.54. The summed E-state index contributed by atoms with van der Waals surface area (Å²) in [6.07, 6.45) is 0. The number of anilines is 1. The van der Waals surface area contributed by atoms with Crippen LogP contribution in [0.4, 0.5) is 5.69 Å². The van der Waals surface area contributed by atoms with Gasteiger partial charge in [0.25, 0.3) is 0 Å². The van der Waals surface area contributed by atoms with E-state index in [0.717, 1.165) is 10.0 Å². The van der Waals surface area contributed by atoms with Gasteiger partial charge in [0.05, 0.1) is 5.69 Å². The van der Waals surface area contributed by atoms with Crippen LogP contribution in [-0.2, 0) is 11.4 Å². The van der Waals surface area contributed by atoms with Crippen LogP contribution in [-0.4, -0.2) is 5.91 Å². The number of carbonyl (C=O) groups excluding carboxylic acids is 1. The van der Waals surface area contributed by atoms with Crippen LogP contribution in [0.2, 0.25) is 0 Å². The predicted molar refractivity (Wildman–Crippen MR) is 79.2 cm³/mol. The highest BCUT2D eigenvalue weighted by atomic mass is 79.9. The molecule has 3 nitrogen and oxygen atoms in total. The Morgan fingerprint density at radius 2 is 1.84 bits per heavy atom. The Morgan fingerprint density at radius 1 is 1.16 bits per heavy atom. The van der Waals surface area contributed by atoms with Gasteiger partial charge in [-0.3, -0.25) is 4.79 Å². The number of hydrogen-bond acceptors (Lipinski definition) is 2. The van der Waals surface area contributed by atoms with Crippen molar-refractivity contribution in [2.45, 2.75) is 13.5 Å². The zero-order valence-corrected chi connectivity index (χ0v) is 12.1. The molecule has 1 N–H and O–H groups in total. The molecule has 0 radical (unpaired) electrons. The Bertz CT molecular complexity index is 584. The van der Waals surface area contributed by atoms with E-state index in [2.05, 4.69) is 21.2 Å². The fourth-order valence-corrected chi connectivity index (χ4v) is 2.06. The number of carbonyl (C=O) groups is 1. The highest BCUT2D eigenvalue weighted by Crippen LogP contribution is 2.26. The van der Waals surface area contributed by atoms with Crippen molar-refractivity contribution in [3.05, 3.63) is 58.6 Å². The predicted octanol–water partition coefficient (Wildman–Crippen LogP) is 3.99. The first-order valence-electron chi connectivity index (χ1n) is 5.89. The normalized spacial score (nSPS) is 10.0. The molecule has 0 fully saturated rings. The van der Waals surface area contributed by atoms with Gasteiger partial charge in [0.15, 0.2) is 0 Å². The summed E-state index contributed by atoms with van der Waals surface area (Å²) in [4.78, 5) is 11.1. The molecule has 98 valence electrons. The van der Waals surface area contributed by atoms with Gasteiger partial charge < -0.3 is 10.1 Å². The number of ether oxygens (including phenoxy) is 1. The summed E-state index contributed by atoms with van der Waals surface area (Å²) in [6, 6.07) is 15.3. The topological polar surface area (TPSA) is 38.3 Å². The van der Waals surface area contributed by atoms with E-state index in [4.69, 9.17) is 4.74 Å². The van der Waals surface area contributed by atoms with E-state index >= 15 is 0 Å². The molecule has 0 aliphatic rings. The van der Waals surface area contributed by atoms with E-state index in [1.807, 2.05) is 48.5 Å². The van der Waals surface area contributed by atoms with Gasteiger partial charge in [-0.05, 0) is 18.2 Å². The molecule has 0 aliphatic carbocycles. The van der Waals surface area contributed by atoms with Gasteiger partial charge in [-0.15, -0.1) is 0 Å². The molecule has 0 bridgehead atoms. The molecule has 2 aromatic rings. The monoisotopic (exact) mass is 319 g/mol. The average Bonchev–Trinajstić information content (AvgIpc) is 2.39. The van der Waals surface area contributed by atoms with Crippen molar-refractivity contribution in [3.63, 3.8) is 0 Å². The highest BCUT2D eigenvalue weighted by molar-refractivity contribution is 9.10. The fourth-order valence-electron chi connectivity index (χ4n) is 1.66. The number of rotatable bonds is 4. The summed E-state index contributed by atoms with van der Waals surface area (Å²) >= 11 is 3.48. The minimum atomic E-state index is -0.114. The largest absolute Gasteiger partial charge is 0.487 e. The van der Waals surface area contributed by atoms with E-state index in [-0.39, 0.29) is 5.91 Å². The summed E-state index contributed by atoms with van der Waals surface area (Å²) in [7, 11) is 0. The van der Waals surface area contributed by atoms with Crippen molar-refractivity contribution in [2.75, 3.05) is 5.32 Å². The van der Waals surface area contributed by atoms with Crippen molar-refractivity contribution < 1.29 is 9.53 Å². The molecule has 0 heterocycles. The second-order valence-electron chi connectivity index (χ2n) is 4.06. The van der Waals surface area contributed by atoms with Crippen LogP contribution in [0.25, 0.3) is 0 Å². The third kappa shape index (κ3) is 3.83. The molecule has 0 unspecified atom stereocenters. The van der Waals surface area contributed by atoms with Crippen LogP contribution >= 0.6 is 15.9 Å². The average molecular weight is 320 g/mol. The van der Waals surface area contributed by atoms with E-state index in [1.54, 1.807) is 0 Å². The maximum absolute atomic E-state index is 11.1. The molecule has 2 aromatic carbocycles. The van der Waals surface area contributed by atoms with Crippen molar-refractivity contribution in [2.24, 2.45) is 0 Å². The van der Waals surface area contributed by atoms with E-state index in [9.17, 15) is 4.79 Å². The molecule has 0 saturated heterocycles. The number of para-hydroxylation sites is 2. The number of nitrogens with one attached hydrogen (secondary N) is 1. The molecule has 0 atom stereocenters. The van der Waals surface area contributed by atoms with Gasteiger partial charge >= 0.3 is 0 Å². The van der Waals surface area contributed by atoms with Crippen LogP contribution < -0.4 is 10.1 Å². The Hall–Kier alpha value is -1.81. The quantitative estimate of drug-likeness (QED) is 0.925. The molecule has 0 spiro atoms. The van der Waals surface area contributed by atoms with Crippen LogP contribution in [0.1, 0.15) is 12.5 Å². The lowest BCUT2D eigenvalue weighted by Gasteiger charge is -2.12.